The molecule has 1 fully saturated rings. The summed E-state index contributed by atoms with van der Waals surface area (Å²) in [6, 6.07) is 1.53. The summed E-state index contributed by atoms with van der Waals surface area (Å²) >= 11 is 0. The van der Waals surface area contributed by atoms with Crippen LogP contribution in [0.4, 0.5) is 4.79 Å². The van der Waals surface area contributed by atoms with Gasteiger partial charge in [-0.3, -0.25) is 9.48 Å². The molecule has 7 heteroatoms. The molecule has 2 unspecified atom stereocenters. The maximum Gasteiger partial charge on any atom is 0.410 e. The summed E-state index contributed by atoms with van der Waals surface area (Å²) in [6.45, 7) is 10.0. The summed E-state index contributed by atoms with van der Waals surface area (Å²) in [5.74, 6) is -0.207. The number of hydrogen-bond donors (Lipinski definition) is 1. The van der Waals surface area contributed by atoms with E-state index in [4.69, 9.17) is 4.74 Å². The molecular weight excluding hydrogens is 308 g/mol. The van der Waals surface area contributed by atoms with E-state index in [9.17, 15) is 9.59 Å². The van der Waals surface area contributed by atoms with Crippen molar-refractivity contribution in [2.24, 2.45) is 7.05 Å². The third-order valence-corrected chi connectivity index (χ3v) is 4.28. The maximum absolute atomic E-state index is 12.4. The molecule has 2 atom stereocenters. The van der Waals surface area contributed by atoms with Crippen LogP contribution in [0.5, 0.6) is 0 Å². The Morgan fingerprint density at radius 3 is 2.58 bits per heavy atom. The molecule has 0 radical (unpaired) electrons. The first-order chi connectivity index (χ1) is 11.1. The summed E-state index contributed by atoms with van der Waals surface area (Å²) < 4.78 is 7.14. The number of nitrogens with one attached hydrogen (secondary N) is 1. The Bertz CT molecular complexity index is 598. The lowest BCUT2D eigenvalue weighted by Gasteiger charge is -2.40. The number of carbonyl (C=O) groups is 2. The topological polar surface area (TPSA) is 76.5 Å². The summed E-state index contributed by atoms with van der Waals surface area (Å²) in [5.41, 5.74) is 0.794. The number of rotatable bonds is 2. The molecule has 0 saturated carbocycles. The molecule has 7 nitrogen and oxygen atoms in total. The Hall–Kier alpha value is -2.05. The lowest BCUT2D eigenvalue weighted by atomic mass is 9.97. The van der Waals surface area contributed by atoms with E-state index in [0.29, 0.717) is 12.2 Å². The van der Waals surface area contributed by atoms with E-state index in [0.717, 1.165) is 18.5 Å². The van der Waals surface area contributed by atoms with Crippen LogP contribution >= 0.6 is 0 Å². The fraction of sp³-hybridized carbons (Fsp3) is 0.706. The first kappa shape index (κ1) is 18.3. The highest BCUT2D eigenvalue weighted by Gasteiger charge is 2.34. The first-order valence-corrected chi connectivity index (χ1v) is 8.39. The van der Waals surface area contributed by atoms with Crippen LogP contribution in [0.25, 0.3) is 0 Å². The lowest BCUT2D eigenvalue weighted by molar-refractivity contribution is 0.00698. The van der Waals surface area contributed by atoms with Crippen LogP contribution in [0.15, 0.2) is 6.07 Å². The Kier molecular flexibility index (Phi) is 5.20. The average Bonchev–Trinajstić information content (AvgIpc) is 2.79. The molecule has 1 saturated heterocycles. The second kappa shape index (κ2) is 6.83. The minimum Gasteiger partial charge on any atom is -0.444 e. The van der Waals surface area contributed by atoms with Crippen molar-refractivity contribution < 1.29 is 14.3 Å². The van der Waals surface area contributed by atoms with Crippen molar-refractivity contribution in [1.29, 1.82) is 0 Å². The zero-order chi connectivity index (χ0) is 18.1. The van der Waals surface area contributed by atoms with Crippen LogP contribution < -0.4 is 5.32 Å². The maximum atomic E-state index is 12.4. The van der Waals surface area contributed by atoms with Gasteiger partial charge in [-0.15, -0.1) is 0 Å². The van der Waals surface area contributed by atoms with E-state index >= 15 is 0 Å². The van der Waals surface area contributed by atoms with Gasteiger partial charge in [0.05, 0.1) is 6.04 Å². The van der Waals surface area contributed by atoms with E-state index < -0.39 is 5.60 Å². The molecule has 0 aromatic carbocycles. The predicted octanol–water partition coefficient (Wildman–Crippen LogP) is 2.25. The summed E-state index contributed by atoms with van der Waals surface area (Å²) in [7, 11) is 1.81. The van der Waals surface area contributed by atoms with Gasteiger partial charge in [-0.1, -0.05) is 0 Å². The zero-order valence-electron chi connectivity index (χ0n) is 15.4. The van der Waals surface area contributed by atoms with Gasteiger partial charge in [-0.05, 0) is 53.5 Å². The summed E-state index contributed by atoms with van der Waals surface area (Å²) in [5, 5.41) is 7.21. The number of amides is 2. The molecule has 1 N–H and O–H groups in total. The molecule has 2 amide bonds. The van der Waals surface area contributed by atoms with Gasteiger partial charge in [0.15, 0.2) is 0 Å². The molecule has 1 aliphatic heterocycles. The van der Waals surface area contributed by atoms with Crippen LogP contribution in [0.3, 0.4) is 0 Å². The number of carbonyl (C=O) groups excluding carboxylic acids is 2. The van der Waals surface area contributed by atoms with Crippen LogP contribution in [0, 0.1) is 6.92 Å². The van der Waals surface area contributed by atoms with Gasteiger partial charge < -0.3 is 15.0 Å². The number of nitrogens with zero attached hydrogens (tertiary/aromatic N) is 3. The molecule has 0 aliphatic carbocycles. The fourth-order valence-electron chi connectivity index (χ4n) is 2.83. The van der Waals surface area contributed by atoms with E-state index in [1.165, 1.54) is 0 Å². The van der Waals surface area contributed by atoms with Gasteiger partial charge in [0, 0.05) is 25.3 Å². The normalized spacial score (nSPS) is 21.5. The molecule has 0 spiro atoms. The molecule has 1 aliphatic rings. The van der Waals surface area contributed by atoms with Crippen molar-refractivity contribution in [2.75, 3.05) is 6.54 Å². The molecule has 2 heterocycles. The van der Waals surface area contributed by atoms with Crippen molar-refractivity contribution in [1.82, 2.24) is 20.0 Å². The summed E-state index contributed by atoms with van der Waals surface area (Å²) in [6.07, 6.45) is 1.33. The van der Waals surface area contributed by atoms with Crippen LogP contribution in [0.1, 0.15) is 56.7 Å². The minimum atomic E-state index is -0.529. The highest BCUT2D eigenvalue weighted by molar-refractivity contribution is 5.92. The highest BCUT2D eigenvalue weighted by atomic mass is 16.6. The molecule has 24 heavy (non-hydrogen) atoms. The average molecular weight is 336 g/mol. The SMILES string of the molecule is Cc1cc(C(=O)NC2CCCN(C(=O)OC(C)(C)C)C2C)nn1C. The van der Waals surface area contributed by atoms with Crippen molar-refractivity contribution >= 4 is 12.0 Å². The minimum absolute atomic E-state index is 0.110. The van der Waals surface area contributed by atoms with Gasteiger partial charge >= 0.3 is 6.09 Å². The second-order valence-electron chi connectivity index (χ2n) is 7.43. The molecule has 0 bridgehead atoms. The number of hydrogen-bond acceptors (Lipinski definition) is 4. The summed E-state index contributed by atoms with van der Waals surface area (Å²) in [4.78, 5) is 26.5. The number of aromatic nitrogens is 2. The lowest BCUT2D eigenvalue weighted by Crippen LogP contribution is -2.56. The van der Waals surface area contributed by atoms with E-state index in [1.807, 2.05) is 34.6 Å². The molecule has 2 rings (SSSR count). The number of likely N-dealkylation sites (tertiary alicyclic amines) is 1. The zero-order valence-corrected chi connectivity index (χ0v) is 15.4. The second-order valence-corrected chi connectivity index (χ2v) is 7.43. The molecule has 134 valence electrons. The quantitative estimate of drug-likeness (QED) is 0.898. The highest BCUT2D eigenvalue weighted by Crippen LogP contribution is 2.21. The van der Waals surface area contributed by atoms with Crippen molar-refractivity contribution in [3.63, 3.8) is 0 Å². The van der Waals surface area contributed by atoms with Gasteiger partial charge in [0.1, 0.15) is 11.3 Å². The Morgan fingerprint density at radius 1 is 1.38 bits per heavy atom. The smallest absolute Gasteiger partial charge is 0.410 e. The van der Waals surface area contributed by atoms with Crippen LogP contribution in [0.2, 0.25) is 0 Å². The fourth-order valence-corrected chi connectivity index (χ4v) is 2.83. The third-order valence-electron chi connectivity index (χ3n) is 4.28. The van der Waals surface area contributed by atoms with Crippen molar-refractivity contribution in [3.05, 3.63) is 17.5 Å². The molecular formula is C17H28N4O3. The van der Waals surface area contributed by atoms with Gasteiger partial charge in [-0.2, -0.15) is 5.10 Å². The van der Waals surface area contributed by atoms with E-state index in [1.54, 1.807) is 22.7 Å². The largest absolute Gasteiger partial charge is 0.444 e. The number of ether oxygens (including phenoxy) is 1. The monoisotopic (exact) mass is 336 g/mol. The van der Waals surface area contributed by atoms with Crippen LogP contribution in [-0.4, -0.2) is 50.9 Å². The third kappa shape index (κ3) is 4.27. The van der Waals surface area contributed by atoms with E-state index in [2.05, 4.69) is 10.4 Å². The molecule has 1 aromatic rings. The Morgan fingerprint density at radius 2 is 2.04 bits per heavy atom. The number of piperidine rings is 1. The van der Waals surface area contributed by atoms with Gasteiger partial charge in [0.25, 0.3) is 5.91 Å². The van der Waals surface area contributed by atoms with Gasteiger partial charge in [0.2, 0.25) is 0 Å². The van der Waals surface area contributed by atoms with Gasteiger partial charge in [-0.25, -0.2) is 4.79 Å². The first-order valence-electron chi connectivity index (χ1n) is 8.39. The van der Waals surface area contributed by atoms with E-state index in [-0.39, 0.29) is 24.1 Å². The molecule has 1 aromatic heterocycles. The number of aryl methyl sites for hydroxylation is 2. The van der Waals surface area contributed by atoms with Crippen LogP contribution in [-0.2, 0) is 11.8 Å². The standard InChI is InChI=1S/C17H28N4O3/c1-11-10-14(19-20(11)6)15(22)18-13-8-7-9-21(12(13)2)16(23)24-17(3,4)5/h10,12-13H,7-9H2,1-6H3,(H,18,22). The Balaban J connectivity index is 2.03. The van der Waals surface area contributed by atoms with Crippen molar-refractivity contribution in [3.8, 4) is 0 Å². The predicted molar refractivity (Wildman–Crippen MR) is 90.8 cm³/mol. The Labute approximate surface area is 143 Å². The van der Waals surface area contributed by atoms with Crippen molar-refractivity contribution in [2.45, 2.75) is 65.1 Å².